The molecule has 2 rings (SSSR count). The summed E-state index contributed by atoms with van der Waals surface area (Å²) in [4.78, 5) is 19.2. The number of thiazole rings is 1. The van der Waals surface area contributed by atoms with Crippen LogP contribution in [0.4, 0.5) is 0 Å². The molecule has 1 aliphatic rings. The highest BCUT2D eigenvalue weighted by atomic mass is 32.1. The van der Waals surface area contributed by atoms with Crippen LogP contribution in [0.5, 0.6) is 0 Å². The quantitative estimate of drug-likeness (QED) is 0.887. The number of carbonyl (C=O) groups excluding carboxylic acids is 1. The van der Waals surface area contributed by atoms with E-state index in [0.29, 0.717) is 19.0 Å². The highest BCUT2D eigenvalue weighted by molar-refractivity contribution is 7.09. The maximum Gasteiger partial charge on any atom is 0.222 e. The second-order valence-electron chi connectivity index (χ2n) is 4.94. The minimum atomic E-state index is 0.233. The molecule has 1 unspecified atom stereocenters. The first-order valence-corrected chi connectivity index (χ1v) is 7.41. The van der Waals surface area contributed by atoms with Crippen molar-refractivity contribution in [3.05, 3.63) is 16.1 Å². The van der Waals surface area contributed by atoms with Crippen LogP contribution < -0.4 is 5.32 Å². The predicted molar refractivity (Wildman–Crippen MR) is 73.6 cm³/mol. The molecule has 1 saturated heterocycles. The molecule has 100 valence electrons. The molecule has 1 aromatic rings. The van der Waals surface area contributed by atoms with Gasteiger partial charge in [-0.25, -0.2) is 4.98 Å². The normalized spacial score (nSPS) is 19.1. The zero-order valence-corrected chi connectivity index (χ0v) is 11.9. The maximum atomic E-state index is 12.0. The Morgan fingerprint density at radius 2 is 2.50 bits per heavy atom. The van der Waals surface area contributed by atoms with E-state index in [-0.39, 0.29) is 5.91 Å². The topological polar surface area (TPSA) is 45.2 Å². The third-order valence-electron chi connectivity index (χ3n) is 3.52. The average molecular weight is 267 g/mol. The summed E-state index contributed by atoms with van der Waals surface area (Å²) in [6.07, 6.45) is 4.07. The fraction of sp³-hybridized carbons (Fsp3) is 0.692. The molecule has 0 aromatic carbocycles. The molecule has 0 spiro atoms. The third kappa shape index (κ3) is 3.53. The van der Waals surface area contributed by atoms with Crippen LogP contribution in [0.15, 0.2) is 5.51 Å². The van der Waals surface area contributed by atoms with E-state index in [2.05, 4.69) is 10.3 Å². The van der Waals surface area contributed by atoms with E-state index < -0.39 is 0 Å². The number of nitrogens with zero attached hydrogens (tertiary/aromatic N) is 2. The second kappa shape index (κ2) is 6.29. The Morgan fingerprint density at radius 1 is 1.67 bits per heavy atom. The second-order valence-corrected chi connectivity index (χ2v) is 5.88. The van der Waals surface area contributed by atoms with Gasteiger partial charge >= 0.3 is 0 Å². The van der Waals surface area contributed by atoms with Gasteiger partial charge in [0.25, 0.3) is 0 Å². The number of rotatable bonds is 5. The highest BCUT2D eigenvalue weighted by Crippen LogP contribution is 2.16. The van der Waals surface area contributed by atoms with Gasteiger partial charge in [-0.2, -0.15) is 0 Å². The van der Waals surface area contributed by atoms with Gasteiger partial charge in [-0.1, -0.05) is 0 Å². The summed E-state index contributed by atoms with van der Waals surface area (Å²) in [6, 6.07) is 0.549. The van der Waals surface area contributed by atoms with Crippen molar-refractivity contribution in [2.24, 2.45) is 0 Å². The van der Waals surface area contributed by atoms with Gasteiger partial charge in [0.05, 0.1) is 17.7 Å². The van der Waals surface area contributed by atoms with Gasteiger partial charge in [0.1, 0.15) is 0 Å². The van der Waals surface area contributed by atoms with Crippen LogP contribution in [0.3, 0.4) is 0 Å². The van der Waals surface area contributed by atoms with Crippen molar-refractivity contribution < 1.29 is 4.79 Å². The fourth-order valence-electron chi connectivity index (χ4n) is 2.27. The summed E-state index contributed by atoms with van der Waals surface area (Å²) < 4.78 is 0. The predicted octanol–water partition coefficient (Wildman–Crippen LogP) is 1.94. The number of hydrogen-bond acceptors (Lipinski definition) is 4. The number of carbonyl (C=O) groups is 1. The van der Waals surface area contributed by atoms with E-state index in [4.69, 9.17) is 0 Å². The zero-order valence-electron chi connectivity index (χ0n) is 11.1. The molecule has 4 nitrogen and oxygen atoms in total. The lowest BCUT2D eigenvalue weighted by Crippen LogP contribution is -2.29. The van der Waals surface area contributed by atoms with Crippen LogP contribution in [-0.2, 0) is 11.3 Å². The molecule has 1 amide bonds. The van der Waals surface area contributed by atoms with E-state index in [1.54, 1.807) is 11.3 Å². The molecule has 0 saturated carbocycles. The van der Waals surface area contributed by atoms with Gasteiger partial charge < -0.3 is 10.2 Å². The summed E-state index contributed by atoms with van der Waals surface area (Å²) in [5.41, 5.74) is 2.88. The number of amides is 1. The van der Waals surface area contributed by atoms with Crippen LogP contribution in [0.25, 0.3) is 0 Å². The lowest BCUT2D eigenvalue weighted by molar-refractivity contribution is -0.130. The number of nitrogens with one attached hydrogen (secondary N) is 1. The van der Waals surface area contributed by atoms with Crippen molar-refractivity contribution in [3.63, 3.8) is 0 Å². The van der Waals surface area contributed by atoms with Crippen molar-refractivity contribution in [1.29, 1.82) is 0 Å². The van der Waals surface area contributed by atoms with Crippen LogP contribution in [0.2, 0.25) is 0 Å². The Balaban J connectivity index is 1.76. The summed E-state index contributed by atoms with van der Waals surface area (Å²) in [5, 5.41) is 3.43. The van der Waals surface area contributed by atoms with Crippen molar-refractivity contribution in [1.82, 2.24) is 15.2 Å². The summed E-state index contributed by atoms with van der Waals surface area (Å²) in [6.45, 7) is 3.79. The smallest absolute Gasteiger partial charge is 0.222 e. The minimum absolute atomic E-state index is 0.233. The SMILES string of the molecule is Cc1ncsc1CN(C)C(=O)CCC1CCCN1. The van der Waals surface area contributed by atoms with Crippen molar-refractivity contribution in [2.75, 3.05) is 13.6 Å². The van der Waals surface area contributed by atoms with Gasteiger partial charge in [-0.15, -0.1) is 11.3 Å². The lowest BCUT2D eigenvalue weighted by atomic mass is 10.1. The van der Waals surface area contributed by atoms with Crippen molar-refractivity contribution in [3.8, 4) is 0 Å². The first kappa shape index (κ1) is 13.5. The average Bonchev–Trinajstić information content (AvgIpc) is 2.99. The molecule has 2 heterocycles. The molecule has 1 fully saturated rings. The number of aromatic nitrogens is 1. The molecule has 1 aromatic heterocycles. The van der Waals surface area contributed by atoms with E-state index in [1.807, 2.05) is 24.4 Å². The Kier molecular flexibility index (Phi) is 4.72. The van der Waals surface area contributed by atoms with E-state index in [9.17, 15) is 4.79 Å². The molecule has 1 atom stereocenters. The molecule has 1 aliphatic heterocycles. The summed E-state index contributed by atoms with van der Waals surface area (Å²) in [7, 11) is 1.88. The monoisotopic (exact) mass is 267 g/mol. The van der Waals surface area contributed by atoms with Gasteiger partial charge in [-0.3, -0.25) is 4.79 Å². The van der Waals surface area contributed by atoms with Gasteiger partial charge in [-0.05, 0) is 32.7 Å². The third-order valence-corrected chi connectivity index (χ3v) is 4.44. The van der Waals surface area contributed by atoms with Crippen LogP contribution in [0, 0.1) is 6.92 Å². The Hall–Kier alpha value is -0.940. The van der Waals surface area contributed by atoms with Gasteiger partial charge in [0, 0.05) is 24.4 Å². The number of hydrogen-bond donors (Lipinski definition) is 1. The van der Waals surface area contributed by atoms with Crippen LogP contribution >= 0.6 is 11.3 Å². The van der Waals surface area contributed by atoms with E-state index in [0.717, 1.165) is 18.7 Å². The standard InChI is InChI=1S/C13H21N3OS/c1-10-12(18-9-15-10)8-16(2)13(17)6-5-11-4-3-7-14-11/h9,11,14H,3-8H2,1-2H3. The first-order chi connectivity index (χ1) is 8.66. The Bertz CT molecular complexity index is 399. The minimum Gasteiger partial charge on any atom is -0.341 e. The van der Waals surface area contributed by atoms with Crippen LogP contribution in [-0.4, -0.2) is 35.4 Å². The molecule has 0 aliphatic carbocycles. The van der Waals surface area contributed by atoms with Gasteiger partial charge in [0.15, 0.2) is 0 Å². The van der Waals surface area contributed by atoms with Gasteiger partial charge in [0.2, 0.25) is 5.91 Å². The largest absolute Gasteiger partial charge is 0.341 e. The number of aryl methyl sites for hydroxylation is 1. The fourth-order valence-corrected chi connectivity index (χ4v) is 3.10. The molecule has 1 N–H and O–H groups in total. The molecular formula is C13H21N3OS. The highest BCUT2D eigenvalue weighted by Gasteiger charge is 2.17. The summed E-state index contributed by atoms with van der Waals surface area (Å²) >= 11 is 1.62. The van der Waals surface area contributed by atoms with E-state index in [1.165, 1.54) is 17.7 Å². The van der Waals surface area contributed by atoms with Crippen molar-refractivity contribution in [2.45, 2.75) is 45.2 Å². The molecule has 18 heavy (non-hydrogen) atoms. The van der Waals surface area contributed by atoms with Crippen LogP contribution in [0.1, 0.15) is 36.3 Å². The lowest BCUT2D eigenvalue weighted by Gasteiger charge is -2.18. The Morgan fingerprint density at radius 3 is 3.11 bits per heavy atom. The first-order valence-electron chi connectivity index (χ1n) is 6.53. The molecule has 5 heteroatoms. The summed E-state index contributed by atoms with van der Waals surface area (Å²) in [5.74, 6) is 0.233. The van der Waals surface area contributed by atoms with E-state index >= 15 is 0 Å². The molecule has 0 bridgehead atoms. The molecule has 0 radical (unpaired) electrons. The Labute approximate surface area is 112 Å². The van der Waals surface area contributed by atoms with Crippen molar-refractivity contribution >= 4 is 17.2 Å². The zero-order chi connectivity index (χ0) is 13.0. The maximum absolute atomic E-state index is 12.0. The molecular weight excluding hydrogens is 246 g/mol.